The smallest absolute Gasteiger partial charge is 0.117 e. The molecule has 0 amide bonds. The van der Waals surface area contributed by atoms with Gasteiger partial charge in [-0.3, -0.25) is 0 Å². The Balaban J connectivity index is 3.03. The Kier molecular flexibility index (Phi) is 11.1. The van der Waals surface area contributed by atoms with Crippen LogP contribution >= 0.6 is 11.8 Å². The first-order valence-corrected chi connectivity index (χ1v) is 7.25. The van der Waals surface area contributed by atoms with Crippen molar-refractivity contribution >= 4 is 22.9 Å². The molecule has 0 heterocycles. The van der Waals surface area contributed by atoms with Gasteiger partial charge in [0.2, 0.25) is 0 Å². The van der Waals surface area contributed by atoms with Crippen LogP contribution in [0.25, 0.3) is 0 Å². The fourth-order valence-corrected chi connectivity index (χ4v) is 2.14. The van der Waals surface area contributed by atoms with Gasteiger partial charge >= 0.3 is 0 Å². The molecule has 0 bridgehead atoms. The number of nitrogens with one attached hydrogen (secondary N) is 1. The van der Waals surface area contributed by atoms with E-state index in [0.29, 0.717) is 0 Å². The summed E-state index contributed by atoms with van der Waals surface area (Å²) in [6.07, 6.45) is 2.90. The van der Waals surface area contributed by atoms with E-state index < -0.39 is 11.2 Å². The van der Waals surface area contributed by atoms with Crippen molar-refractivity contribution in [2.24, 2.45) is 0 Å². The zero-order chi connectivity index (χ0) is 9.94. The first kappa shape index (κ1) is 13.6. The Labute approximate surface area is 88.2 Å². The molecule has 0 aliphatic rings. The molecule has 0 radical (unpaired) electrons. The van der Waals surface area contributed by atoms with E-state index in [4.69, 9.17) is 4.74 Å². The van der Waals surface area contributed by atoms with E-state index in [1.54, 1.807) is 11.8 Å². The van der Waals surface area contributed by atoms with Crippen LogP contribution in [0, 0.1) is 0 Å². The molecule has 0 aliphatic carbocycles. The summed E-state index contributed by atoms with van der Waals surface area (Å²) in [5.74, 6) is 2.25. The first-order valence-electron chi connectivity index (χ1n) is 4.37. The van der Waals surface area contributed by atoms with Gasteiger partial charge in [-0.1, -0.05) is 11.2 Å². The van der Waals surface area contributed by atoms with Crippen LogP contribution in [0.15, 0.2) is 0 Å². The summed E-state index contributed by atoms with van der Waals surface area (Å²) >= 11 is 0.992. The van der Waals surface area contributed by atoms with Gasteiger partial charge in [-0.15, -0.1) is 11.8 Å². The van der Waals surface area contributed by atoms with Crippen LogP contribution in [0.5, 0.6) is 0 Å². The fourth-order valence-electron chi connectivity index (χ4n) is 0.782. The molecule has 1 unspecified atom stereocenters. The molecule has 3 nitrogen and oxygen atoms in total. The van der Waals surface area contributed by atoms with Crippen LogP contribution in [0.1, 0.15) is 6.42 Å². The highest BCUT2D eigenvalue weighted by molar-refractivity contribution is 7.98. The van der Waals surface area contributed by atoms with Gasteiger partial charge in [0, 0.05) is 13.0 Å². The molecule has 5 heteroatoms. The molecular formula is C8H19NO2S2. The molecule has 0 aromatic carbocycles. The molecule has 0 rings (SSSR count). The lowest BCUT2D eigenvalue weighted by Crippen LogP contribution is -2.22. The van der Waals surface area contributed by atoms with E-state index in [-0.39, 0.29) is 0 Å². The molecule has 13 heavy (non-hydrogen) atoms. The van der Waals surface area contributed by atoms with Crippen LogP contribution in [-0.4, -0.2) is 48.5 Å². The van der Waals surface area contributed by atoms with Crippen molar-refractivity contribution in [3.63, 3.8) is 0 Å². The zero-order valence-electron chi connectivity index (χ0n) is 8.38. The molecule has 80 valence electrons. The average molecular weight is 225 g/mol. The lowest BCUT2D eigenvalue weighted by atomic mass is 10.5. The minimum Gasteiger partial charge on any atom is -0.616 e. The van der Waals surface area contributed by atoms with Gasteiger partial charge in [-0.05, 0) is 13.3 Å². The largest absolute Gasteiger partial charge is 0.616 e. The Hall–Kier alpha value is 0.580. The van der Waals surface area contributed by atoms with Crippen LogP contribution < -0.4 is 5.32 Å². The van der Waals surface area contributed by atoms with Crippen LogP contribution in [0.4, 0.5) is 0 Å². The van der Waals surface area contributed by atoms with E-state index in [1.807, 2.05) is 13.3 Å². The van der Waals surface area contributed by atoms with Gasteiger partial charge in [0.05, 0.1) is 12.5 Å². The Morgan fingerprint density at radius 2 is 2.23 bits per heavy atom. The van der Waals surface area contributed by atoms with Crippen LogP contribution in [-0.2, 0) is 15.9 Å². The molecular weight excluding hydrogens is 206 g/mol. The van der Waals surface area contributed by atoms with Crippen LogP contribution in [0.2, 0.25) is 0 Å². The van der Waals surface area contributed by atoms with Crippen molar-refractivity contribution in [2.75, 3.05) is 43.9 Å². The summed E-state index contributed by atoms with van der Waals surface area (Å²) < 4.78 is 16.5. The molecule has 0 aromatic rings. The monoisotopic (exact) mass is 225 g/mol. The van der Waals surface area contributed by atoms with Gasteiger partial charge < -0.3 is 14.6 Å². The maximum absolute atomic E-state index is 11.2. The van der Waals surface area contributed by atoms with Crippen molar-refractivity contribution in [1.29, 1.82) is 0 Å². The van der Waals surface area contributed by atoms with E-state index in [1.165, 1.54) is 0 Å². The van der Waals surface area contributed by atoms with Crippen molar-refractivity contribution in [3.8, 4) is 0 Å². The Morgan fingerprint density at radius 1 is 1.46 bits per heavy atom. The van der Waals surface area contributed by atoms with Crippen molar-refractivity contribution in [2.45, 2.75) is 6.42 Å². The molecule has 0 saturated heterocycles. The minimum absolute atomic E-state index is 0.675. The van der Waals surface area contributed by atoms with Crippen molar-refractivity contribution < 1.29 is 9.29 Å². The second kappa shape index (κ2) is 10.7. The summed E-state index contributed by atoms with van der Waals surface area (Å²) in [4.78, 5) is 0. The Bertz CT molecular complexity index is 106. The highest BCUT2D eigenvalue weighted by Crippen LogP contribution is 1.97. The van der Waals surface area contributed by atoms with E-state index in [9.17, 15) is 4.55 Å². The van der Waals surface area contributed by atoms with Gasteiger partial charge in [-0.2, -0.15) is 0 Å². The van der Waals surface area contributed by atoms with Gasteiger partial charge in [-0.25, -0.2) is 0 Å². The fraction of sp³-hybridized carbons (Fsp3) is 1.00. The molecule has 0 spiro atoms. The summed E-state index contributed by atoms with van der Waals surface area (Å²) in [7, 11) is 1.87. The van der Waals surface area contributed by atoms with Crippen LogP contribution in [0.3, 0.4) is 0 Å². The number of rotatable bonds is 9. The standard InChI is InChI=1S/C8H19NO2S2/c1-9-4-7-13(10)6-3-5-11-8-12-2/h9H,3-8H2,1-2H3. The average Bonchev–Trinajstić information content (AvgIpc) is 2.14. The molecule has 0 aliphatic heterocycles. The summed E-state index contributed by atoms with van der Waals surface area (Å²) in [5, 5.41) is 2.98. The third-order valence-corrected chi connectivity index (χ3v) is 3.25. The quantitative estimate of drug-likeness (QED) is 0.356. The minimum atomic E-state index is -0.675. The number of thioether (sulfide) groups is 1. The third-order valence-electron chi connectivity index (χ3n) is 1.44. The SMILES string of the molecule is CNCC[S+]([O-])CCCOCSC. The normalized spacial score (nSPS) is 13.2. The molecule has 1 N–H and O–H groups in total. The predicted molar refractivity (Wildman–Crippen MR) is 60.8 cm³/mol. The summed E-state index contributed by atoms with van der Waals surface area (Å²) in [5.41, 5.74) is 0. The van der Waals surface area contributed by atoms with Gasteiger partial charge in [0.1, 0.15) is 11.5 Å². The zero-order valence-corrected chi connectivity index (χ0v) is 10.0. The first-order chi connectivity index (χ1) is 6.31. The summed E-state index contributed by atoms with van der Waals surface area (Å²) in [6.45, 7) is 1.56. The predicted octanol–water partition coefficient (Wildman–Crippen LogP) is 0.682. The summed E-state index contributed by atoms with van der Waals surface area (Å²) in [6, 6.07) is 0. The van der Waals surface area contributed by atoms with Gasteiger partial charge in [0.15, 0.2) is 0 Å². The second-order valence-corrected chi connectivity index (χ2v) is 5.13. The van der Waals surface area contributed by atoms with Crippen molar-refractivity contribution in [3.05, 3.63) is 0 Å². The topological polar surface area (TPSA) is 44.3 Å². The lowest BCUT2D eigenvalue weighted by Gasteiger charge is -2.10. The third kappa shape index (κ3) is 10.5. The number of hydrogen-bond donors (Lipinski definition) is 1. The van der Waals surface area contributed by atoms with E-state index >= 15 is 0 Å². The molecule has 1 atom stereocenters. The Morgan fingerprint density at radius 3 is 2.85 bits per heavy atom. The van der Waals surface area contributed by atoms with E-state index in [2.05, 4.69) is 5.32 Å². The maximum atomic E-state index is 11.2. The molecule has 0 saturated carbocycles. The maximum Gasteiger partial charge on any atom is 0.117 e. The van der Waals surface area contributed by atoms with E-state index in [0.717, 1.165) is 37.0 Å². The second-order valence-electron chi connectivity index (χ2n) is 2.62. The lowest BCUT2D eigenvalue weighted by molar-refractivity contribution is 0.184. The molecule has 0 fully saturated rings. The van der Waals surface area contributed by atoms with Crippen molar-refractivity contribution in [1.82, 2.24) is 5.32 Å². The van der Waals surface area contributed by atoms with Gasteiger partial charge in [0.25, 0.3) is 0 Å². The highest BCUT2D eigenvalue weighted by atomic mass is 32.2. The number of ether oxygens (including phenoxy) is 1. The molecule has 0 aromatic heterocycles. The highest BCUT2D eigenvalue weighted by Gasteiger charge is 2.03. The number of hydrogen-bond acceptors (Lipinski definition) is 4.